The van der Waals surface area contributed by atoms with E-state index in [1.54, 1.807) is 18.2 Å². The molecule has 4 heteroatoms. The minimum atomic E-state index is -0.370. The SMILES string of the molecule is COC(=O)c1ccc(Cl)c(-n2cccc2)c1. The predicted octanol–water partition coefficient (Wildman–Crippen LogP) is 2.92. The zero-order valence-electron chi connectivity index (χ0n) is 8.68. The highest BCUT2D eigenvalue weighted by Crippen LogP contribution is 2.22. The van der Waals surface area contributed by atoms with Crippen LogP contribution in [0.5, 0.6) is 0 Å². The van der Waals surface area contributed by atoms with E-state index in [9.17, 15) is 4.79 Å². The summed E-state index contributed by atoms with van der Waals surface area (Å²) in [5.41, 5.74) is 1.24. The zero-order valence-corrected chi connectivity index (χ0v) is 9.44. The number of carbonyl (C=O) groups is 1. The van der Waals surface area contributed by atoms with E-state index in [1.165, 1.54) is 7.11 Å². The largest absolute Gasteiger partial charge is 0.465 e. The number of hydrogen-bond acceptors (Lipinski definition) is 2. The highest BCUT2D eigenvalue weighted by atomic mass is 35.5. The molecule has 1 aromatic carbocycles. The Labute approximate surface area is 98.2 Å². The lowest BCUT2D eigenvalue weighted by Crippen LogP contribution is -2.02. The monoisotopic (exact) mass is 235 g/mol. The maximum Gasteiger partial charge on any atom is 0.337 e. The van der Waals surface area contributed by atoms with Gasteiger partial charge in [-0.2, -0.15) is 0 Å². The molecule has 1 aromatic heterocycles. The third kappa shape index (κ3) is 1.95. The van der Waals surface area contributed by atoms with E-state index >= 15 is 0 Å². The molecular formula is C12H10ClNO2. The fraction of sp³-hybridized carbons (Fsp3) is 0.0833. The molecule has 0 aliphatic heterocycles. The predicted molar refractivity (Wildman–Crippen MR) is 62.1 cm³/mol. The van der Waals surface area contributed by atoms with Gasteiger partial charge in [0.2, 0.25) is 0 Å². The molecule has 3 nitrogen and oxygen atoms in total. The van der Waals surface area contributed by atoms with E-state index in [2.05, 4.69) is 4.74 Å². The molecule has 0 fully saturated rings. The van der Waals surface area contributed by atoms with Crippen LogP contribution in [-0.4, -0.2) is 17.6 Å². The minimum absolute atomic E-state index is 0.370. The number of carbonyl (C=O) groups excluding carboxylic acids is 1. The first-order valence-corrected chi connectivity index (χ1v) is 5.11. The van der Waals surface area contributed by atoms with Gasteiger partial charge in [0.15, 0.2) is 0 Å². The van der Waals surface area contributed by atoms with E-state index in [0.29, 0.717) is 10.6 Å². The maximum atomic E-state index is 11.4. The second-order valence-corrected chi connectivity index (χ2v) is 3.66. The number of aromatic nitrogens is 1. The van der Waals surface area contributed by atoms with Crippen molar-refractivity contribution < 1.29 is 9.53 Å². The van der Waals surface area contributed by atoms with Gasteiger partial charge in [-0.05, 0) is 30.3 Å². The lowest BCUT2D eigenvalue weighted by molar-refractivity contribution is 0.0600. The lowest BCUT2D eigenvalue weighted by atomic mass is 10.2. The summed E-state index contributed by atoms with van der Waals surface area (Å²) in [6, 6.07) is 8.81. The van der Waals surface area contributed by atoms with E-state index in [-0.39, 0.29) is 5.97 Å². The second kappa shape index (κ2) is 4.41. The van der Waals surface area contributed by atoms with Gasteiger partial charge in [-0.25, -0.2) is 4.79 Å². The number of ether oxygens (including phenoxy) is 1. The normalized spacial score (nSPS) is 10.1. The molecular weight excluding hydrogens is 226 g/mol. The highest BCUT2D eigenvalue weighted by Gasteiger charge is 2.09. The Morgan fingerprint density at radius 3 is 2.62 bits per heavy atom. The summed E-state index contributed by atoms with van der Waals surface area (Å²) in [5.74, 6) is -0.370. The van der Waals surface area contributed by atoms with Crippen molar-refractivity contribution in [3.8, 4) is 5.69 Å². The Bertz CT molecular complexity index is 506. The minimum Gasteiger partial charge on any atom is -0.465 e. The Morgan fingerprint density at radius 2 is 2.00 bits per heavy atom. The number of benzene rings is 1. The van der Waals surface area contributed by atoms with Gasteiger partial charge in [0.1, 0.15) is 0 Å². The van der Waals surface area contributed by atoms with Crippen LogP contribution in [0, 0.1) is 0 Å². The van der Waals surface area contributed by atoms with Crippen molar-refractivity contribution in [3.63, 3.8) is 0 Å². The molecule has 0 amide bonds. The standard InChI is InChI=1S/C12H10ClNO2/c1-16-12(15)9-4-5-10(13)11(8-9)14-6-2-3-7-14/h2-8H,1H3. The molecule has 0 unspecified atom stereocenters. The van der Waals surface area contributed by atoms with Gasteiger partial charge in [0, 0.05) is 12.4 Å². The topological polar surface area (TPSA) is 31.2 Å². The molecule has 16 heavy (non-hydrogen) atoms. The fourth-order valence-electron chi connectivity index (χ4n) is 1.45. The number of hydrogen-bond donors (Lipinski definition) is 0. The van der Waals surface area contributed by atoms with E-state index in [1.807, 2.05) is 29.1 Å². The molecule has 0 N–H and O–H groups in total. The molecule has 2 aromatic rings. The molecule has 1 heterocycles. The molecule has 0 atom stereocenters. The first kappa shape index (κ1) is 10.8. The van der Waals surface area contributed by atoms with E-state index < -0.39 is 0 Å². The molecule has 0 saturated heterocycles. The first-order valence-electron chi connectivity index (χ1n) is 4.73. The average molecular weight is 236 g/mol. The number of methoxy groups -OCH3 is 1. The van der Waals surface area contributed by atoms with Crippen molar-refractivity contribution >= 4 is 17.6 Å². The van der Waals surface area contributed by atoms with Gasteiger partial charge in [-0.1, -0.05) is 11.6 Å². The molecule has 82 valence electrons. The van der Waals surface area contributed by atoms with E-state index in [4.69, 9.17) is 11.6 Å². The maximum absolute atomic E-state index is 11.4. The molecule has 0 spiro atoms. The third-order valence-corrected chi connectivity index (χ3v) is 2.57. The quantitative estimate of drug-likeness (QED) is 0.750. The summed E-state index contributed by atoms with van der Waals surface area (Å²) in [5, 5.41) is 0.587. The fourth-order valence-corrected chi connectivity index (χ4v) is 1.67. The number of esters is 1. The highest BCUT2D eigenvalue weighted by molar-refractivity contribution is 6.32. The smallest absolute Gasteiger partial charge is 0.337 e. The van der Waals surface area contributed by atoms with Crippen molar-refractivity contribution in [2.24, 2.45) is 0 Å². The van der Waals surface area contributed by atoms with Crippen molar-refractivity contribution in [1.29, 1.82) is 0 Å². The van der Waals surface area contributed by atoms with Gasteiger partial charge in [0.05, 0.1) is 23.4 Å². The van der Waals surface area contributed by atoms with Gasteiger partial charge >= 0.3 is 5.97 Å². The van der Waals surface area contributed by atoms with Crippen LogP contribution in [0.4, 0.5) is 0 Å². The average Bonchev–Trinajstić information content (AvgIpc) is 2.82. The summed E-state index contributed by atoms with van der Waals surface area (Å²) in [6.45, 7) is 0. The van der Waals surface area contributed by atoms with Crippen LogP contribution < -0.4 is 0 Å². The molecule has 0 aliphatic rings. The Balaban J connectivity index is 2.49. The van der Waals surface area contributed by atoms with Crippen LogP contribution in [0.3, 0.4) is 0 Å². The molecule has 0 saturated carbocycles. The van der Waals surface area contributed by atoms with Crippen LogP contribution in [-0.2, 0) is 4.74 Å². The van der Waals surface area contributed by atoms with E-state index in [0.717, 1.165) is 5.69 Å². The van der Waals surface area contributed by atoms with Crippen LogP contribution in [0.2, 0.25) is 5.02 Å². The lowest BCUT2D eigenvalue weighted by Gasteiger charge is -2.07. The van der Waals surface area contributed by atoms with Crippen molar-refractivity contribution in [1.82, 2.24) is 4.57 Å². The Hall–Kier alpha value is -1.74. The number of nitrogens with zero attached hydrogens (tertiary/aromatic N) is 1. The third-order valence-electron chi connectivity index (χ3n) is 2.25. The van der Waals surface area contributed by atoms with Gasteiger partial charge < -0.3 is 9.30 Å². The van der Waals surface area contributed by atoms with Gasteiger partial charge in [0.25, 0.3) is 0 Å². The van der Waals surface area contributed by atoms with Gasteiger partial charge in [-0.3, -0.25) is 0 Å². The first-order chi connectivity index (χ1) is 7.72. The van der Waals surface area contributed by atoms with Crippen molar-refractivity contribution in [2.45, 2.75) is 0 Å². The molecule has 0 radical (unpaired) electrons. The molecule has 2 rings (SSSR count). The van der Waals surface area contributed by atoms with Crippen LogP contribution in [0.1, 0.15) is 10.4 Å². The van der Waals surface area contributed by atoms with Crippen LogP contribution in [0.25, 0.3) is 5.69 Å². The molecule has 0 aliphatic carbocycles. The summed E-state index contributed by atoms with van der Waals surface area (Å²) in [4.78, 5) is 11.4. The summed E-state index contributed by atoms with van der Waals surface area (Å²) in [6.07, 6.45) is 3.73. The van der Waals surface area contributed by atoms with Crippen molar-refractivity contribution in [3.05, 3.63) is 53.3 Å². The zero-order chi connectivity index (χ0) is 11.5. The summed E-state index contributed by atoms with van der Waals surface area (Å²) in [7, 11) is 1.35. The van der Waals surface area contributed by atoms with Crippen molar-refractivity contribution in [2.75, 3.05) is 7.11 Å². The number of halogens is 1. The van der Waals surface area contributed by atoms with Crippen LogP contribution >= 0.6 is 11.6 Å². The Morgan fingerprint density at radius 1 is 1.31 bits per heavy atom. The molecule has 0 bridgehead atoms. The summed E-state index contributed by atoms with van der Waals surface area (Å²) >= 11 is 6.06. The summed E-state index contributed by atoms with van der Waals surface area (Å²) < 4.78 is 6.50. The Kier molecular flexibility index (Phi) is 2.97. The van der Waals surface area contributed by atoms with Gasteiger partial charge in [-0.15, -0.1) is 0 Å². The number of rotatable bonds is 2. The second-order valence-electron chi connectivity index (χ2n) is 3.25. The van der Waals surface area contributed by atoms with Crippen LogP contribution in [0.15, 0.2) is 42.7 Å².